The molecule has 0 aromatic heterocycles. The number of likely N-dealkylation sites (N-methyl/N-ethyl adjacent to an activating group) is 2. The van der Waals surface area contributed by atoms with Gasteiger partial charge in [0.25, 0.3) is 0 Å². The second-order valence-electron chi connectivity index (χ2n) is 6.30. The molecule has 0 amide bonds. The van der Waals surface area contributed by atoms with Gasteiger partial charge in [0.05, 0.1) is 6.61 Å². The summed E-state index contributed by atoms with van der Waals surface area (Å²) in [4.78, 5) is 5.04. The Morgan fingerprint density at radius 2 is 2.16 bits per heavy atom. The van der Waals surface area contributed by atoms with Crippen molar-refractivity contribution in [2.45, 2.75) is 57.2 Å². The number of hydrogen-bond acceptors (Lipinski definition) is 4. The third-order valence-corrected chi connectivity index (χ3v) is 4.56. The zero-order valence-electron chi connectivity index (χ0n) is 12.6. The Hall–Kier alpha value is -0.160. The summed E-state index contributed by atoms with van der Waals surface area (Å²) < 4.78 is 0. The summed E-state index contributed by atoms with van der Waals surface area (Å²) in [5.74, 6) is 0. The van der Waals surface area contributed by atoms with Crippen molar-refractivity contribution in [1.82, 2.24) is 15.1 Å². The molecule has 0 aromatic carbocycles. The molecule has 2 aliphatic rings. The maximum absolute atomic E-state index is 9.39. The zero-order valence-corrected chi connectivity index (χ0v) is 12.6. The summed E-state index contributed by atoms with van der Waals surface area (Å²) in [6.07, 6.45) is 6.35. The maximum atomic E-state index is 9.39. The van der Waals surface area contributed by atoms with Crippen molar-refractivity contribution in [2.75, 3.05) is 39.8 Å². The van der Waals surface area contributed by atoms with Gasteiger partial charge in [-0.25, -0.2) is 0 Å². The second-order valence-corrected chi connectivity index (χ2v) is 6.30. The number of hydrogen-bond donors (Lipinski definition) is 2. The number of nitrogens with zero attached hydrogens (tertiary/aromatic N) is 2. The molecule has 0 bridgehead atoms. The van der Waals surface area contributed by atoms with E-state index in [2.05, 4.69) is 29.1 Å². The van der Waals surface area contributed by atoms with Crippen LogP contribution in [0.25, 0.3) is 0 Å². The van der Waals surface area contributed by atoms with Crippen LogP contribution in [-0.4, -0.2) is 72.9 Å². The van der Waals surface area contributed by atoms with Crippen LogP contribution in [0.15, 0.2) is 0 Å². The van der Waals surface area contributed by atoms with E-state index < -0.39 is 0 Å². The molecule has 1 aliphatic carbocycles. The molecule has 4 heteroatoms. The smallest absolute Gasteiger partial charge is 0.0585 e. The lowest BCUT2D eigenvalue weighted by Crippen LogP contribution is -2.41. The second kappa shape index (κ2) is 7.58. The minimum Gasteiger partial charge on any atom is -0.395 e. The molecule has 1 aliphatic heterocycles. The van der Waals surface area contributed by atoms with Crippen molar-refractivity contribution < 1.29 is 5.11 Å². The number of aliphatic hydroxyl groups is 1. The molecular weight excluding hydrogens is 238 g/mol. The van der Waals surface area contributed by atoms with Gasteiger partial charge in [-0.15, -0.1) is 0 Å². The van der Waals surface area contributed by atoms with E-state index in [0.29, 0.717) is 12.1 Å². The predicted octanol–water partition coefficient (Wildman–Crippen LogP) is 0.906. The fourth-order valence-corrected chi connectivity index (χ4v) is 3.16. The topological polar surface area (TPSA) is 38.7 Å². The van der Waals surface area contributed by atoms with Crippen molar-refractivity contribution in [1.29, 1.82) is 0 Å². The molecule has 4 nitrogen and oxygen atoms in total. The average Bonchev–Trinajstić information content (AvgIpc) is 3.12. The van der Waals surface area contributed by atoms with Crippen molar-refractivity contribution in [2.24, 2.45) is 0 Å². The molecular formula is C15H31N3O. The van der Waals surface area contributed by atoms with Gasteiger partial charge in [0.15, 0.2) is 0 Å². The Bertz CT molecular complexity index is 258. The van der Waals surface area contributed by atoms with E-state index in [0.717, 1.165) is 19.0 Å². The van der Waals surface area contributed by atoms with Gasteiger partial charge in [0, 0.05) is 24.7 Å². The van der Waals surface area contributed by atoms with E-state index in [9.17, 15) is 5.11 Å². The highest BCUT2D eigenvalue weighted by atomic mass is 16.3. The van der Waals surface area contributed by atoms with E-state index in [1.807, 2.05) is 0 Å². The first-order valence-electron chi connectivity index (χ1n) is 8.02. The molecule has 2 unspecified atom stereocenters. The summed E-state index contributed by atoms with van der Waals surface area (Å²) >= 11 is 0. The number of likely N-dealkylation sites (tertiary alicyclic amines) is 1. The fourth-order valence-electron chi connectivity index (χ4n) is 3.16. The van der Waals surface area contributed by atoms with E-state index in [4.69, 9.17) is 0 Å². The molecule has 1 saturated carbocycles. The first-order valence-corrected chi connectivity index (χ1v) is 8.02. The lowest BCUT2D eigenvalue weighted by molar-refractivity contribution is 0.181. The highest BCUT2D eigenvalue weighted by molar-refractivity contribution is 4.85. The average molecular weight is 269 g/mol. The minimum atomic E-state index is 0.273. The van der Waals surface area contributed by atoms with Gasteiger partial charge >= 0.3 is 0 Å². The number of rotatable bonds is 9. The first kappa shape index (κ1) is 15.2. The van der Waals surface area contributed by atoms with Gasteiger partial charge in [0.1, 0.15) is 0 Å². The quantitative estimate of drug-likeness (QED) is 0.652. The predicted molar refractivity (Wildman–Crippen MR) is 79.4 cm³/mol. The van der Waals surface area contributed by atoms with Gasteiger partial charge in [-0.05, 0) is 58.8 Å². The zero-order chi connectivity index (χ0) is 13.7. The molecule has 112 valence electrons. The summed E-state index contributed by atoms with van der Waals surface area (Å²) in [5, 5.41) is 12.9. The minimum absolute atomic E-state index is 0.273. The van der Waals surface area contributed by atoms with E-state index in [-0.39, 0.29) is 6.61 Å². The molecule has 19 heavy (non-hydrogen) atoms. The molecule has 2 atom stereocenters. The summed E-state index contributed by atoms with van der Waals surface area (Å²) in [6, 6.07) is 1.73. The summed E-state index contributed by atoms with van der Waals surface area (Å²) in [7, 11) is 2.22. The standard InChI is InChI=1S/C15H31N3O/c1-3-18-9-4-5-15(18)11-17(2)10-8-14(12-19)16-13-6-7-13/h13-16,19H,3-12H2,1-2H3. The van der Waals surface area contributed by atoms with E-state index in [1.54, 1.807) is 0 Å². The van der Waals surface area contributed by atoms with Gasteiger partial charge < -0.3 is 15.3 Å². The summed E-state index contributed by atoms with van der Waals surface area (Å²) in [6.45, 7) is 7.25. The van der Waals surface area contributed by atoms with Gasteiger partial charge in [0.2, 0.25) is 0 Å². The molecule has 1 heterocycles. The van der Waals surface area contributed by atoms with Crippen LogP contribution in [0.2, 0.25) is 0 Å². The molecule has 0 spiro atoms. The van der Waals surface area contributed by atoms with E-state index in [1.165, 1.54) is 45.3 Å². The SMILES string of the molecule is CCN1CCCC1CN(C)CCC(CO)NC1CC1. The van der Waals surface area contributed by atoms with Crippen LogP contribution >= 0.6 is 0 Å². The Balaban J connectivity index is 1.63. The monoisotopic (exact) mass is 269 g/mol. The third kappa shape index (κ3) is 5.03. The van der Waals surface area contributed by atoms with Crippen molar-refractivity contribution >= 4 is 0 Å². The van der Waals surface area contributed by atoms with Crippen molar-refractivity contribution in [3.05, 3.63) is 0 Å². The molecule has 2 rings (SSSR count). The van der Waals surface area contributed by atoms with Crippen LogP contribution in [0.5, 0.6) is 0 Å². The highest BCUT2D eigenvalue weighted by Crippen LogP contribution is 2.20. The third-order valence-electron chi connectivity index (χ3n) is 4.56. The van der Waals surface area contributed by atoms with Crippen molar-refractivity contribution in [3.63, 3.8) is 0 Å². The molecule has 1 saturated heterocycles. The molecule has 2 fully saturated rings. The first-order chi connectivity index (χ1) is 9.22. The van der Waals surface area contributed by atoms with Gasteiger partial charge in [-0.3, -0.25) is 4.90 Å². The van der Waals surface area contributed by atoms with Crippen LogP contribution in [0, 0.1) is 0 Å². The van der Waals surface area contributed by atoms with E-state index >= 15 is 0 Å². The van der Waals surface area contributed by atoms with Crippen LogP contribution in [0.1, 0.15) is 39.0 Å². The maximum Gasteiger partial charge on any atom is 0.0585 e. The Kier molecular flexibility index (Phi) is 6.07. The van der Waals surface area contributed by atoms with Crippen LogP contribution in [0.4, 0.5) is 0 Å². The number of nitrogens with one attached hydrogen (secondary N) is 1. The van der Waals surface area contributed by atoms with Crippen molar-refractivity contribution in [3.8, 4) is 0 Å². The fraction of sp³-hybridized carbons (Fsp3) is 1.00. The van der Waals surface area contributed by atoms with Crippen LogP contribution in [0.3, 0.4) is 0 Å². The lowest BCUT2D eigenvalue weighted by atomic mass is 10.1. The van der Waals surface area contributed by atoms with Gasteiger partial charge in [-0.1, -0.05) is 6.92 Å². The van der Waals surface area contributed by atoms with Crippen LogP contribution < -0.4 is 5.32 Å². The molecule has 0 aromatic rings. The lowest BCUT2D eigenvalue weighted by Gasteiger charge is -2.28. The Morgan fingerprint density at radius 1 is 1.37 bits per heavy atom. The summed E-state index contributed by atoms with van der Waals surface area (Å²) in [5.41, 5.74) is 0. The Morgan fingerprint density at radius 3 is 2.79 bits per heavy atom. The molecule has 2 N–H and O–H groups in total. The largest absolute Gasteiger partial charge is 0.395 e. The Labute approximate surface area is 118 Å². The van der Waals surface area contributed by atoms with Crippen LogP contribution in [-0.2, 0) is 0 Å². The number of aliphatic hydroxyl groups excluding tert-OH is 1. The highest BCUT2D eigenvalue weighted by Gasteiger charge is 2.26. The van der Waals surface area contributed by atoms with Gasteiger partial charge in [-0.2, -0.15) is 0 Å². The molecule has 0 radical (unpaired) electrons. The normalized spacial score (nSPS) is 26.2.